The van der Waals surface area contributed by atoms with Crippen LogP contribution in [0.1, 0.15) is 12.0 Å². The second-order valence-corrected chi connectivity index (χ2v) is 4.63. The molecule has 5 nitrogen and oxygen atoms in total. The average Bonchev–Trinajstić information content (AvgIpc) is 2.45. The summed E-state index contributed by atoms with van der Waals surface area (Å²) in [6, 6.07) is 9.06. The van der Waals surface area contributed by atoms with Gasteiger partial charge in [-0.2, -0.15) is 0 Å². The fourth-order valence-electron chi connectivity index (χ4n) is 1.72. The highest BCUT2D eigenvalue weighted by Gasteiger charge is 2.00. The van der Waals surface area contributed by atoms with Crippen LogP contribution in [0.5, 0.6) is 5.75 Å². The van der Waals surface area contributed by atoms with Crippen LogP contribution in [-0.4, -0.2) is 21.1 Å². The second kappa shape index (κ2) is 6.81. The Hall–Kier alpha value is -2.21. The van der Waals surface area contributed by atoms with Gasteiger partial charge in [0.15, 0.2) is 0 Å². The number of aryl methyl sites for hydroxylation is 1. The van der Waals surface area contributed by atoms with Crippen LogP contribution < -0.4 is 16.2 Å². The fraction of sp³-hybridized carbons (Fsp3) is 0.214. The van der Waals surface area contributed by atoms with E-state index in [1.165, 1.54) is 6.20 Å². The molecule has 0 radical (unpaired) electrons. The summed E-state index contributed by atoms with van der Waals surface area (Å²) in [5, 5.41) is 0. The van der Waals surface area contributed by atoms with E-state index in [1.807, 2.05) is 18.2 Å². The van der Waals surface area contributed by atoms with Crippen LogP contribution in [0, 0.1) is 0 Å². The molecule has 1 heterocycles. The quantitative estimate of drug-likeness (QED) is 0.642. The maximum Gasteiger partial charge on any atom is 0.347 e. The minimum Gasteiger partial charge on any atom is -0.494 e. The normalized spacial score (nSPS) is 10.2. The number of ether oxygens (including phenoxy) is 1. The van der Waals surface area contributed by atoms with E-state index in [-0.39, 0.29) is 5.69 Å². The lowest BCUT2D eigenvalue weighted by atomic mass is 10.2. The lowest BCUT2D eigenvalue weighted by Crippen LogP contribution is -2.22. The van der Waals surface area contributed by atoms with Crippen molar-refractivity contribution < 1.29 is 4.74 Å². The largest absolute Gasteiger partial charge is 0.494 e. The molecule has 0 amide bonds. The van der Waals surface area contributed by atoms with Crippen LogP contribution in [0.3, 0.4) is 0 Å². The van der Waals surface area contributed by atoms with Gasteiger partial charge in [-0.15, -0.1) is 0 Å². The average molecular weight is 289 g/mol. The smallest absolute Gasteiger partial charge is 0.347 e. The van der Waals surface area contributed by atoms with E-state index >= 15 is 0 Å². The van der Waals surface area contributed by atoms with Crippen molar-refractivity contribution in [3.63, 3.8) is 0 Å². The zero-order valence-corrected chi connectivity index (χ0v) is 11.7. The number of rotatable bonds is 6. The molecule has 0 aliphatic carbocycles. The van der Waals surface area contributed by atoms with E-state index in [0.717, 1.165) is 5.56 Å². The van der Waals surface area contributed by atoms with Crippen molar-refractivity contribution in [3.05, 3.63) is 58.8 Å². The Morgan fingerprint density at radius 3 is 3.00 bits per heavy atom. The molecule has 2 N–H and O–H groups in total. The van der Waals surface area contributed by atoms with Crippen LogP contribution in [0.25, 0.3) is 0 Å². The van der Waals surface area contributed by atoms with Crippen molar-refractivity contribution in [2.75, 3.05) is 6.61 Å². The molecule has 0 aliphatic heterocycles. The summed E-state index contributed by atoms with van der Waals surface area (Å²) in [5.74, 6) is 0.717. The van der Waals surface area contributed by atoms with Crippen molar-refractivity contribution in [1.82, 2.24) is 9.55 Å². The van der Waals surface area contributed by atoms with Crippen molar-refractivity contribution >= 4 is 17.2 Å². The number of nitrogens with zero attached hydrogens (tertiary/aromatic N) is 2. The molecule has 0 fully saturated rings. The van der Waals surface area contributed by atoms with Gasteiger partial charge in [-0.1, -0.05) is 24.4 Å². The summed E-state index contributed by atoms with van der Waals surface area (Å²) in [5.41, 5.74) is 6.09. The SMILES string of the molecule is NC(=S)c1cccc(OCCCn2cccnc2=O)c1. The fourth-order valence-corrected chi connectivity index (χ4v) is 1.85. The molecule has 0 unspecified atom stereocenters. The maximum absolute atomic E-state index is 11.4. The Kier molecular flexibility index (Phi) is 4.84. The van der Waals surface area contributed by atoms with Crippen LogP contribution in [0.2, 0.25) is 0 Å². The minimum atomic E-state index is -0.247. The number of benzene rings is 1. The van der Waals surface area contributed by atoms with Gasteiger partial charge in [0.25, 0.3) is 0 Å². The number of thiocarbonyl (C=S) groups is 1. The van der Waals surface area contributed by atoms with Crippen molar-refractivity contribution in [3.8, 4) is 5.75 Å². The molecule has 2 rings (SSSR count). The summed E-state index contributed by atoms with van der Waals surface area (Å²) in [7, 11) is 0. The predicted molar refractivity (Wildman–Crippen MR) is 80.9 cm³/mol. The van der Waals surface area contributed by atoms with E-state index in [9.17, 15) is 4.79 Å². The Morgan fingerprint density at radius 2 is 2.25 bits per heavy atom. The first-order valence-corrected chi connectivity index (χ1v) is 6.62. The Morgan fingerprint density at radius 1 is 1.40 bits per heavy atom. The molecule has 0 atom stereocenters. The Bertz CT molecular complexity index is 655. The highest BCUT2D eigenvalue weighted by atomic mass is 32.1. The topological polar surface area (TPSA) is 70.1 Å². The van der Waals surface area contributed by atoms with Gasteiger partial charge >= 0.3 is 5.69 Å². The lowest BCUT2D eigenvalue weighted by Gasteiger charge is -2.08. The molecular formula is C14H15N3O2S. The highest BCUT2D eigenvalue weighted by Crippen LogP contribution is 2.13. The third kappa shape index (κ3) is 3.89. The van der Waals surface area contributed by atoms with Crippen LogP contribution in [-0.2, 0) is 6.54 Å². The van der Waals surface area contributed by atoms with E-state index in [0.29, 0.717) is 30.3 Å². The molecule has 0 saturated carbocycles. The number of hydrogen-bond acceptors (Lipinski definition) is 4. The number of hydrogen-bond donors (Lipinski definition) is 1. The molecule has 104 valence electrons. The second-order valence-electron chi connectivity index (χ2n) is 4.19. The summed E-state index contributed by atoms with van der Waals surface area (Å²) >= 11 is 4.91. The third-order valence-corrected chi connectivity index (χ3v) is 2.95. The van der Waals surface area contributed by atoms with Crippen molar-refractivity contribution in [2.45, 2.75) is 13.0 Å². The first-order valence-electron chi connectivity index (χ1n) is 6.21. The van der Waals surface area contributed by atoms with Crippen LogP contribution >= 0.6 is 12.2 Å². The number of nitrogens with two attached hydrogens (primary N) is 1. The zero-order chi connectivity index (χ0) is 14.4. The van der Waals surface area contributed by atoms with Gasteiger partial charge < -0.3 is 10.5 Å². The first-order chi connectivity index (χ1) is 9.66. The van der Waals surface area contributed by atoms with Gasteiger partial charge in [-0.3, -0.25) is 4.57 Å². The molecular weight excluding hydrogens is 274 g/mol. The molecule has 6 heteroatoms. The van der Waals surface area contributed by atoms with E-state index < -0.39 is 0 Å². The van der Waals surface area contributed by atoms with Gasteiger partial charge in [0.05, 0.1) is 6.61 Å². The first kappa shape index (κ1) is 14.2. The van der Waals surface area contributed by atoms with Gasteiger partial charge in [0, 0.05) is 24.5 Å². The summed E-state index contributed by atoms with van der Waals surface area (Å²) in [6.45, 7) is 1.07. The molecule has 0 aliphatic rings. The van der Waals surface area contributed by atoms with E-state index in [4.69, 9.17) is 22.7 Å². The molecule has 1 aromatic carbocycles. The molecule has 0 saturated heterocycles. The predicted octanol–water partition coefficient (Wildman–Crippen LogP) is 1.35. The zero-order valence-electron chi connectivity index (χ0n) is 10.9. The number of aromatic nitrogens is 2. The molecule has 20 heavy (non-hydrogen) atoms. The molecule has 0 bridgehead atoms. The highest BCUT2D eigenvalue weighted by molar-refractivity contribution is 7.80. The van der Waals surface area contributed by atoms with Gasteiger partial charge in [0.2, 0.25) is 0 Å². The van der Waals surface area contributed by atoms with Crippen molar-refractivity contribution in [2.24, 2.45) is 5.73 Å². The lowest BCUT2D eigenvalue weighted by molar-refractivity contribution is 0.300. The van der Waals surface area contributed by atoms with E-state index in [2.05, 4.69) is 4.98 Å². The van der Waals surface area contributed by atoms with Crippen LogP contribution in [0.15, 0.2) is 47.5 Å². The molecule has 0 spiro atoms. The van der Waals surface area contributed by atoms with Gasteiger partial charge in [-0.05, 0) is 24.6 Å². The van der Waals surface area contributed by atoms with Crippen molar-refractivity contribution in [1.29, 1.82) is 0 Å². The van der Waals surface area contributed by atoms with Gasteiger partial charge in [0.1, 0.15) is 10.7 Å². The molecule has 1 aromatic heterocycles. The Labute approximate surface area is 122 Å². The summed E-state index contributed by atoms with van der Waals surface area (Å²) in [6.07, 6.45) is 3.91. The van der Waals surface area contributed by atoms with E-state index in [1.54, 1.807) is 22.9 Å². The van der Waals surface area contributed by atoms with Crippen LogP contribution in [0.4, 0.5) is 0 Å². The van der Waals surface area contributed by atoms with Gasteiger partial charge in [-0.25, -0.2) is 9.78 Å². The maximum atomic E-state index is 11.4. The Balaban J connectivity index is 1.85. The third-order valence-electron chi connectivity index (χ3n) is 2.71. The molecule has 2 aromatic rings. The standard InChI is InChI=1S/C14H15N3O2S/c15-13(20)11-4-1-5-12(10-11)19-9-3-8-17-7-2-6-16-14(17)18/h1-2,4-7,10H,3,8-9H2,(H2,15,20). The summed E-state index contributed by atoms with van der Waals surface area (Å²) in [4.78, 5) is 15.4. The summed E-state index contributed by atoms with van der Waals surface area (Å²) < 4.78 is 7.16. The minimum absolute atomic E-state index is 0.247. The monoisotopic (exact) mass is 289 g/mol.